The molecule has 26 heavy (non-hydrogen) atoms. The standard InChI is InChI=1S/C18H25N5O3/c1-3-15(16-19-11-13(2)20-16)21-18(25)23-7-4-6-22(8-9-23)17(24)14-5-10-26-12-14/h5,10-12,15H,3-4,6-9H2,1-2H3,(H,19,20)(H,21,25). The number of hydrogen-bond acceptors (Lipinski definition) is 4. The Kier molecular flexibility index (Phi) is 5.60. The summed E-state index contributed by atoms with van der Waals surface area (Å²) in [5.41, 5.74) is 1.51. The zero-order valence-electron chi connectivity index (χ0n) is 15.2. The van der Waals surface area contributed by atoms with Crippen LogP contribution in [0, 0.1) is 6.92 Å². The average Bonchev–Trinajstić information content (AvgIpc) is 3.25. The Bertz CT molecular complexity index is 740. The van der Waals surface area contributed by atoms with Crippen LogP contribution in [0.5, 0.6) is 0 Å². The Hall–Kier alpha value is -2.77. The number of aromatic amines is 1. The lowest BCUT2D eigenvalue weighted by Crippen LogP contribution is -2.44. The summed E-state index contributed by atoms with van der Waals surface area (Å²) >= 11 is 0. The third kappa shape index (κ3) is 4.07. The van der Waals surface area contributed by atoms with Gasteiger partial charge in [-0.1, -0.05) is 6.92 Å². The first-order chi connectivity index (χ1) is 12.6. The van der Waals surface area contributed by atoms with E-state index in [4.69, 9.17) is 4.42 Å². The van der Waals surface area contributed by atoms with Crippen LogP contribution in [0.3, 0.4) is 0 Å². The second-order valence-corrected chi connectivity index (χ2v) is 6.51. The van der Waals surface area contributed by atoms with Gasteiger partial charge in [-0.05, 0) is 25.8 Å². The smallest absolute Gasteiger partial charge is 0.318 e. The molecule has 140 valence electrons. The number of carbonyl (C=O) groups excluding carboxylic acids is 2. The second kappa shape index (κ2) is 8.07. The first-order valence-corrected chi connectivity index (χ1v) is 8.97. The number of aryl methyl sites for hydroxylation is 1. The highest BCUT2D eigenvalue weighted by Gasteiger charge is 2.25. The van der Waals surface area contributed by atoms with Crippen molar-refractivity contribution in [1.29, 1.82) is 0 Å². The quantitative estimate of drug-likeness (QED) is 0.876. The van der Waals surface area contributed by atoms with Gasteiger partial charge in [-0.15, -0.1) is 0 Å². The number of hydrogen-bond donors (Lipinski definition) is 2. The summed E-state index contributed by atoms with van der Waals surface area (Å²) in [4.78, 5) is 36.1. The molecule has 1 saturated heterocycles. The van der Waals surface area contributed by atoms with Gasteiger partial charge < -0.3 is 24.5 Å². The van der Waals surface area contributed by atoms with Gasteiger partial charge in [-0.25, -0.2) is 9.78 Å². The van der Waals surface area contributed by atoms with Crippen LogP contribution in [-0.4, -0.2) is 57.9 Å². The molecule has 2 aromatic rings. The Morgan fingerprint density at radius 1 is 1.31 bits per heavy atom. The van der Waals surface area contributed by atoms with E-state index in [1.54, 1.807) is 22.1 Å². The number of imidazole rings is 1. The predicted molar refractivity (Wildman–Crippen MR) is 95.7 cm³/mol. The van der Waals surface area contributed by atoms with Crippen molar-refractivity contribution >= 4 is 11.9 Å². The van der Waals surface area contributed by atoms with Gasteiger partial charge in [0.25, 0.3) is 5.91 Å². The van der Waals surface area contributed by atoms with Crippen molar-refractivity contribution in [3.8, 4) is 0 Å². The van der Waals surface area contributed by atoms with Crippen LogP contribution in [0.4, 0.5) is 4.79 Å². The monoisotopic (exact) mass is 359 g/mol. The second-order valence-electron chi connectivity index (χ2n) is 6.51. The average molecular weight is 359 g/mol. The molecule has 2 N–H and O–H groups in total. The summed E-state index contributed by atoms with van der Waals surface area (Å²) in [7, 11) is 0. The fourth-order valence-electron chi connectivity index (χ4n) is 3.11. The van der Waals surface area contributed by atoms with Crippen molar-refractivity contribution < 1.29 is 14.0 Å². The van der Waals surface area contributed by atoms with Crippen molar-refractivity contribution in [2.75, 3.05) is 26.2 Å². The first-order valence-electron chi connectivity index (χ1n) is 8.97. The van der Waals surface area contributed by atoms with E-state index < -0.39 is 0 Å². The van der Waals surface area contributed by atoms with Crippen molar-refractivity contribution in [3.05, 3.63) is 41.9 Å². The van der Waals surface area contributed by atoms with Crippen LogP contribution >= 0.6 is 0 Å². The molecule has 1 fully saturated rings. The molecule has 0 saturated carbocycles. The molecule has 8 heteroatoms. The largest absolute Gasteiger partial charge is 0.472 e. The molecule has 2 aromatic heterocycles. The zero-order chi connectivity index (χ0) is 18.5. The maximum absolute atomic E-state index is 12.7. The van der Waals surface area contributed by atoms with Gasteiger partial charge in [0.05, 0.1) is 17.9 Å². The van der Waals surface area contributed by atoms with Gasteiger partial charge in [0, 0.05) is 38.1 Å². The maximum atomic E-state index is 12.7. The molecule has 3 amide bonds. The highest BCUT2D eigenvalue weighted by molar-refractivity contribution is 5.93. The first kappa shape index (κ1) is 18.0. The number of rotatable bonds is 4. The van der Waals surface area contributed by atoms with E-state index in [2.05, 4.69) is 15.3 Å². The maximum Gasteiger partial charge on any atom is 0.318 e. The van der Waals surface area contributed by atoms with Crippen LogP contribution in [0.15, 0.2) is 29.2 Å². The zero-order valence-corrected chi connectivity index (χ0v) is 15.2. The van der Waals surface area contributed by atoms with Crippen molar-refractivity contribution in [2.45, 2.75) is 32.7 Å². The van der Waals surface area contributed by atoms with E-state index in [-0.39, 0.29) is 18.0 Å². The van der Waals surface area contributed by atoms with Crippen molar-refractivity contribution in [2.24, 2.45) is 0 Å². The molecular weight excluding hydrogens is 334 g/mol. The van der Waals surface area contributed by atoms with Gasteiger partial charge in [0.15, 0.2) is 0 Å². The van der Waals surface area contributed by atoms with Gasteiger partial charge in [0.1, 0.15) is 12.1 Å². The number of urea groups is 1. The third-order valence-corrected chi connectivity index (χ3v) is 4.60. The van der Waals surface area contributed by atoms with Crippen LogP contribution in [-0.2, 0) is 0 Å². The lowest BCUT2D eigenvalue weighted by Gasteiger charge is -2.24. The normalized spacial score (nSPS) is 16.2. The summed E-state index contributed by atoms with van der Waals surface area (Å²) in [6.07, 6.45) is 6.20. The number of furan rings is 1. The molecule has 1 unspecified atom stereocenters. The Labute approximate surface area is 152 Å². The Morgan fingerprint density at radius 2 is 2.08 bits per heavy atom. The molecule has 0 aromatic carbocycles. The number of carbonyl (C=O) groups is 2. The molecule has 3 rings (SSSR count). The highest BCUT2D eigenvalue weighted by Crippen LogP contribution is 2.15. The minimum Gasteiger partial charge on any atom is -0.472 e. The fraction of sp³-hybridized carbons (Fsp3) is 0.500. The predicted octanol–water partition coefficient (Wildman–Crippen LogP) is 2.32. The molecule has 0 bridgehead atoms. The molecule has 1 atom stereocenters. The summed E-state index contributed by atoms with van der Waals surface area (Å²) < 4.78 is 4.99. The lowest BCUT2D eigenvalue weighted by atomic mass is 10.2. The number of nitrogens with one attached hydrogen (secondary N) is 2. The Morgan fingerprint density at radius 3 is 2.73 bits per heavy atom. The molecule has 8 nitrogen and oxygen atoms in total. The third-order valence-electron chi connectivity index (χ3n) is 4.60. The summed E-state index contributed by atoms with van der Waals surface area (Å²) in [6.45, 7) is 6.20. The van der Waals surface area contributed by atoms with Gasteiger partial charge in [0.2, 0.25) is 0 Å². The molecule has 1 aliphatic heterocycles. The summed E-state index contributed by atoms with van der Waals surface area (Å²) in [5, 5.41) is 3.04. The summed E-state index contributed by atoms with van der Waals surface area (Å²) in [5.74, 6) is 0.712. The van der Waals surface area contributed by atoms with Crippen LogP contribution in [0.1, 0.15) is 47.7 Å². The van der Waals surface area contributed by atoms with E-state index >= 15 is 0 Å². The minimum atomic E-state index is -0.150. The fourth-order valence-corrected chi connectivity index (χ4v) is 3.11. The number of H-pyrrole nitrogens is 1. The molecular formula is C18H25N5O3. The van der Waals surface area contributed by atoms with E-state index in [1.165, 1.54) is 12.5 Å². The molecule has 1 aliphatic rings. The SMILES string of the molecule is CCC(NC(=O)N1CCCN(C(=O)c2ccoc2)CC1)c1ncc(C)[nH]1. The van der Waals surface area contributed by atoms with Gasteiger partial charge >= 0.3 is 6.03 Å². The Balaban J connectivity index is 1.58. The molecule has 0 spiro atoms. The molecule has 3 heterocycles. The lowest BCUT2D eigenvalue weighted by molar-refractivity contribution is 0.0761. The summed E-state index contributed by atoms with van der Waals surface area (Å²) in [6, 6.07) is 1.39. The highest BCUT2D eigenvalue weighted by atomic mass is 16.3. The van der Waals surface area contributed by atoms with Crippen molar-refractivity contribution in [1.82, 2.24) is 25.1 Å². The number of amides is 3. The van der Waals surface area contributed by atoms with E-state index in [1.807, 2.05) is 13.8 Å². The van der Waals surface area contributed by atoms with E-state index in [9.17, 15) is 9.59 Å². The van der Waals surface area contributed by atoms with Crippen molar-refractivity contribution in [3.63, 3.8) is 0 Å². The molecule has 0 radical (unpaired) electrons. The van der Waals surface area contributed by atoms with Crippen LogP contribution < -0.4 is 5.32 Å². The molecule has 0 aliphatic carbocycles. The van der Waals surface area contributed by atoms with E-state index in [0.717, 1.165) is 24.4 Å². The van der Waals surface area contributed by atoms with Gasteiger partial charge in [-0.2, -0.15) is 0 Å². The van der Waals surface area contributed by atoms with Crippen LogP contribution in [0.25, 0.3) is 0 Å². The van der Waals surface area contributed by atoms with E-state index in [0.29, 0.717) is 31.7 Å². The van der Waals surface area contributed by atoms with Crippen LogP contribution in [0.2, 0.25) is 0 Å². The number of nitrogens with zero attached hydrogens (tertiary/aromatic N) is 3. The number of aromatic nitrogens is 2. The minimum absolute atomic E-state index is 0.0569. The topological polar surface area (TPSA) is 94.5 Å². The van der Waals surface area contributed by atoms with Gasteiger partial charge in [-0.3, -0.25) is 4.79 Å².